The maximum atomic E-state index is 5.65. The standard InChI is InChI=1S/C14H15NS.ClH/c1-11-4-2-3-5-14(11)16-10-12-6-8-13(15)9-7-12;/h2-9H,10,15H2,1H3;1H. The molecule has 0 fully saturated rings. The SMILES string of the molecule is Cc1ccccc1SCc1ccc(N)cc1.Cl. The van der Waals surface area contributed by atoms with Gasteiger partial charge in [-0.25, -0.2) is 0 Å². The summed E-state index contributed by atoms with van der Waals surface area (Å²) in [5.74, 6) is 0.991. The highest BCUT2D eigenvalue weighted by Gasteiger charge is 1.98. The number of nitrogen functional groups attached to an aromatic ring is 1. The Hall–Kier alpha value is -1.12. The molecule has 2 aromatic carbocycles. The summed E-state index contributed by atoms with van der Waals surface area (Å²) in [4.78, 5) is 1.35. The first-order valence-electron chi connectivity index (χ1n) is 5.28. The van der Waals surface area contributed by atoms with Crippen LogP contribution in [0.2, 0.25) is 0 Å². The molecule has 90 valence electrons. The number of nitrogens with two attached hydrogens (primary N) is 1. The van der Waals surface area contributed by atoms with Gasteiger partial charge in [0.05, 0.1) is 0 Å². The fourth-order valence-corrected chi connectivity index (χ4v) is 2.48. The fourth-order valence-electron chi connectivity index (χ4n) is 1.49. The maximum absolute atomic E-state index is 5.65. The molecule has 2 aromatic rings. The van der Waals surface area contributed by atoms with Gasteiger partial charge >= 0.3 is 0 Å². The van der Waals surface area contributed by atoms with E-state index in [0.29, 0.717) is 0 Å². The van der Waals surface area contributed by atoms with Gasteiger partial charge in [-0.15, -0.1) is 24.2 Å². The summed E-state index contributed by atoms with van der Waals surface area (Å²) in [6.07, 6.45) is 0. The van der Waals surface area contributed by atoms with Crippen molar-refractivity contribution in [1.29, 1.82) is 0 Å². The zero-order valence-corrected chi connectivity index (χ0v) is 11.4. The van der Waals surface area contributed by atoms with Crippen LogP contribution < -0.4 is 5.73 Å². The second kappa shape index (κ2) is 6.58. The van der Waals surface area contributed by atoms with Crippen LogP contribution in [0.4, 0.5) is 5.69 Å². The van der Waals surface area contributed by atoms with E-state index in [4.69, 9.17) is 5.73 Å². The van der Waals surface area contributed by atoms with Crippen LogP contribution in [-0.4, -0.2) is 0 Å². The summed E-state index contributed by atoms with van der Waals surface area (Å²) in [5.41, 5.74) is 9.12. The first kappa shape index (κ1) is 13.9. The van der Waals surface area contributed by atoms with E-state index in [-0.39, 0.29) is 12.4 Å². The van der Waals surface area contributed by atoms with Gasteiger partial charge < -0.3 is 5.73 Å². The molecule has 1 nitrogen and oxygen atoms in total. The number of hydrogen-bond donors (Lipinski definition) is 1. The van der Waals surface area contributed by atoms with Crippen molar-refractivity contribution in [1.82, 2.24) is 0 Å². The van der Waals surface area contributed by atoms with Crippen LogP contribution in [0.25, 0.3) is 0 Å². The molecule has 0 amide bonds. The zero-order chi connectivity index (χ0) is 11.4. The molecule has 0 aliphatic heterocycles. The summed E-state index contributed by atoms with van der Waals surface area (Å²) < 4.78 is 0. The van der Waals surface area contributed by atoms with Gasteiger partial charge in [-0.1, -0.05) is 30.3 Å². The molecule has 2 rings (SSSR count). The Labute approximate surface area is 113 Å². The Morgan fingerprint density at radius 3 is 2.29 bits per heavy atom. The lowest BCUT2D eigenvalue weighted by Gasteiger charge is -2.05. The van der Waals surface area contributed by atoms with Crippen LogP contribution in [0.1, 0.15) is 11.1 Å². The van der Waals surface area contributed by atoms with Gasteiger partial charge in [0.2, 0.25) is 0 Å². The molecular weight excluding hydrogens is 250 g/mol. The molecular formula is C14H16ClNS. The van der Waals surface area contributed by atoms with Gasteiger partial charge in [0, 0.05) is 16.3 Å². The van der Waals surface area contributed by atoms with Crippen molar-refractivity contribution in [2.75, 3.05) is 5.73 Å². The van der Waals surface area contributed by atoms with Gasteiger partial charge in [-0.3, -0.25) is 0 Å². The zero-order valence-electron chi connectivity index (χ0n) is 9.72. The molecule has 0 heterocycles. The third kappa shape index (κ3) is 3.99. The molecule has 3 heteroatoms. The van der Waals surface area contributed by atoms with Crippen LogP contribution in [-0.2, 0) is 5.75 Å². The minimum Gasteiger partial charge on any atom is -0.399 e. The molecule has 0 spiro atoms. The average molecular weight is 266 g/mol. The van der Waals surface area contributed by atoms with E-state index in [2.05, 4.69) is 43.3 Å². The predicted molar refractivity (Wildman–Crippen MR) is 78.8 cm³/mol. The molecule has 17 heavy (non-hydrogen) atoms. The molecule has 0 bridgehead atoms. The van der Waals surface area contributed by atoms with Crippen molar-refractivity contribution < 1.29 is 0 Å². The number of benzene rings is 2. The van der Waals surface area contributed by atoms with Gasteiger partial charge in [0.15, 0.2) is 0 Å². The van der Waals surface area contributed by atoms with Crippen molar-refractivity contribution in [3.63, 3.8) is 0 Å². The van der Waals surface area contributed by atoms with Crippen LogP contribution >= 0.6 is 24.2 Å². The lowest BCUT2D eigenvalue weighted by molar-refractivity contribution is 1.29. The molecule has 0 aliphatic carbocycles. The number of thioether (sulfide) groups is 1. The van der Waals surface area contributed by atoms with E-state index in [1.807, 2.05) is 23.9 Å². The highest BCUT2D eigenvalue weighted by atomic mass is 35.5. The van der Waals surface area contributed by atoms with Crippen molar-refractivity contribution in [3.8, 4) is 0 Å². The fraction of sp³-hybridized carbons (Fsp3) is 0.143. The van der Waals surface area contributed by atoms with E-state index in [9.17, 15) is 0 Å². The van der Waals surface area contributed by atoms with Gasteiger partial charge in [-0.05, 0) is 36.2 Å². The largest absolute Gasteiger partial charge is 0.399 e. The minimum atomic E-state index is 0. The summed E-state index contributed by atoms with van der Waals surface area (Å²) in [5, 5.41) is 0. The summed E-state index contributed by atoms with van der Waals surface area (Å²) in [7, 11) is 0. The van der Waals surface area contributed by atoms with Gasteiger partial charge in [0.1, 0.15) is 0 Å². The summed E-state index contributed by atoms with van der Waals surface area (Å²) in [6.45, 7) is 2.14. The predicted octanol–water partition coefficient (Wildman–Crippen LogP) is 4.29. The van der Waals surface area contributed by atoms with E-state index < -0.39 is 0 Å². The Balaban J connectivity index is 0.00000144. The Bertz CT molecular complexity index is 468. The van der Waals surface area contributed by atoms with Crippen LogP contribution in [0.3, 0.4) is 0 Å². The van der Waals surface area contributed by atoms with E-state index in [1.165, 1.54) is 16.0 Å². The van der Waals surface area contributed by atoms with Crippen molar-refractivity contribution >= 4 is 29.9 Å². The van der Waals surface area contributed by atoms with Gasteiger partial charge in [0.25, 0.3) is 0 Å². The number of anilines is 1. The lowest BCUT2D eigenvalue weighted by atomic mass is 10.2. The van der Waals surface area contributed by atoms with Crippen molar-refractivity contribution in [2.45, 2.75) is 17.6 Å². The summed E-state index contributed by atoms with van der Waals surface area (Å²) >= 11 is 1.87. The lowest BCUT2D eigenvalue weighted by Crippen LogP contribution is -1.86. The first-order valence-corrected chi connectivity index (χ1v) is 6.27. The molecule has 0 atom stereocenters. The molecule has 0 radical (unpaired) electrons. The third-order valence-corrected chi connectivity index (χ3v) is 3.71. The van der Waals surface area contributed by atoms with Crippen molar-refractivity contribution in [2.24, 2.45) is 0 Å². The molecule has 0 saturated heterocycles. The normalized spacial score (nSPS) is 9.71. The Morgan fingerprint density at radius 2 is 1.65 bits per heavy atom. The van der Waals surface area contributed by atoms with E-state index in [0.717, 1.165) is 11.4 Å². The quantitative estimate of drug-likeness (QED) is 0.662. The minimum absolute atomic E-state index is 0. The molecule has 2 N–H and O–H groups in total. The first-order chi connectivity index (χ1) is 7.75. The highest BCUT2D eigenvalue weighted by molar-refractivity contribution is 7.98. The van der Waals surface area contributed by atoms with E-state index >= 15 is 0 Å². The number of halogens is 1. The average Bonchev–Trinajstić information content (AvgIpc) is 2.30. The molecule has 0 aromatic heterocycles. The number of hydrogen-bond acceptors (Lipinski definition) is 2. The maximum Gasteiger partial charge on any atom is 0.0314 e. The monoisotopic (exact) mass is 265 g/mol. The van der Waals surface area contributed by atoms with Gasteiger partial charge in [-0.2, -0.15) is 0 Å². The second-order valence-corrected chi connectivity index (χ2v) is 4.81. The van der Waals surface area contributed by atoms with Crippen molar-refractivity contribution in [3.05, 3.63) is 59.7 Å². The highest BCUT2D eigenvalue weighted by Crippen LogP contribution is 2.25. The second-order valence-electron chi connectivity index (χ2n) is 3.80. The summed E-state index contributed by atoms with van der Waals surface area (Å²) in [6, 6.07) is 16.5. The number of aryl methyl sites for hydroxylation is 1. The molecule has 0 unspecified atom stereocenters. The van der Waals surface area contributed by atoms with Crippen LogP contribution in [0.15, 0.2) is 53.4 Å². The van der Waals surface area contributed by atoms with Crippen LogP contribution in [0.5, 0.6) is 0 Å². The topological polar surface area (TPSA) is 26.0 Å². The smallest absolute Gasteiger partial charge is 0.0314 e. The molecule has 0 saturated carbocycles. The number of rotatable bonds is 3. The third-order valence-electron chi connectivity index (χ3n) is 2.47. The molecule has 0 aliphatic rings. The Kier molecular flexibility index (Phi) is 5.39. The van der Waals surface area contributed by atoms with Crippen LogP contribution in [0, 0.1) is 6.92 Å². The Morgan fingerprint density at radius 1 is 1.00 bits per heavy atom. The van der Waals surface area contributed by atoms with E-state index in [1.54, 1.807) is 0 Å².